The summed E-state index contributed by atoms with van der Waals surface area (Å²) in [4.78, 5) is 28.1. The molecule has 0 aliphatic carbocycles. The third-order valence-electron chi connectivity index (χ3n) is 6.13. The SMILES string of the molecule is O=C1COC2CCN(C(=O)N3CC(c4ccc(Oc5cccc(Cl)c5)cc4)C3)C[C@H]2N1. The lowest BCUT2D eigenvalue weighted by molar-refractivity contribution is -0.139. The van der Waals surface area contributed by atoms with Gasteiger partial charge in [0.15, 0.2) is 0 Å². The van der Waals surface area contributed by atoms with Crippen LogP contribution in [-0.4, -0.2) is 66.7 Å². The second kappa shape index (κ2) is 8.40. The molecule has 31 heavy (non-hydrogen) atoms. The van der Waals surface area contributed by atoms with Gasteiger partial charge in [-0.15, -0.1) is 0 Å². The molecule has 0 bridgehead atoms. The summed E-state index contributed by atoms with van der Waals surface area (Å²) in [5.41, 5.74) is 1.19. The summed E-state index contributed by atoms with van der Waals surface area (Å²) in [6.45, 7) is 2.67. The molecule has 3 aliphatic heterocycles. The van der Waals surface area contributed by atoms with E-state index in [1.165, 1.54) is 5.56 Å². The Kier molecular flexibility index (Phi) is 5.46. The van der Waals surface area contributed by atoms with E-state index in [9.17, 15) is 9.59 Å². The zero-order valence-corrected chi connectivity index (χ0v) is 17.8. The number of piperidine rings is 1. The van der Waals surface area contributed by atoms with Gasteiger partial charge in [-0.05, 0) is 42.3 Å². The molecule has 3 aliphatic rings. The van der Waals surface area contributed by atoms with Crippen LogP contribution in [0.5, 0.6) is 11.5 Å². The number of amides is 3. The average Bonchev–Trinajstić information content (AvgIpc) is 2.73. The number of nitrogens with one attached hydrogen (secondary N) is 1. The van der Waals surface area contributed by atoms with Gasteiger partial charge in [0, 0.05) is 37.1 Å². The van der Waals surface area contributed by atoms with Crippen LogP contribution in [0.3, 0.4) is 0 Å². The van der Waals surface area contributed by atoms with Gasteiger partial charge >= 0.3 is 6.03 Å². The van der Waals surface area contributed by atoms with Crippen molar-refractivity contribution in [3.8, 4) is 11.5 Å². The van der Waals surface area contributed by atoms with E-state index in [-0.39, 0.29) is 30.7 Å². The minimum Gasteiger partial charge on any atom is -0.457 e. The molecule has 0 aromatic heterocycles. The number of urea groups is 1. The molecule has 2 aromatic carbocycles. The van der Waals surface area contributed by atoms with Crippen LogP contribution >= 0.6 is 11.6 Å². The molecule has 3 amide bonds. The highest BCUT2D eigenvalue weighted by molar-refractivity contribution is 6.30. The summed E-state index contributed by atoms with van der Waals surface area (Å²) in [6.07, 6.45) is 0.765. The number of fused-ring (bicyclic) bond motifs is 1. The number of nitrogens with zero attached hydrogens (tertiary/aromatic N) is 2. The molecule has 1 N–H and O–H groups in total. The number of hydrogen-bond acceptors (Lipinski definition) is 4. The fourth-order valence-electron chi connectivity index (χ4n) is 4.39. The molecular weight excluding hydrogens is 418 g/mol. The number of carbonyl (C=O) groups excluding carboxylic acids is 2. The quantitative estimate of drug-likeness (QED) is 0.793. The van der Waals surface area contributed by atoms with E-state index in [2.05, 4.69) is 5.32 Å². The molecule has 2 aromatic rings. The molecular formula is C23H24ClN3O4. The summed E-state index contributed by atoms with van der Waals surface area (Å²) in [5, 5.41) is 3.58. The van der Waals surface area contributed by atoms with Gasteiger partial charge in [0.1, 0.15) is 18.1 Å². The van der Waals surface area contributed by atoms with Crippen LogP contribution in [0.15, 0.2) is 48.5 Å². The summed E-state index contributed by atoms with van der Waals surface area (Å²) in [7, 11) is 0. The van der Waals surface area contributed by atoms with E-state index < -0.39 is 0 Å². The van der Waals surface area contributed by atoms with Crippen molar-refractivity contribution in [2.45, 2.75) is 24.5 Å². The lowest BCUT2D eigenvalue weighted by Crippen LogP contribution is -2.63. The highest BCUT2D eigenvalue weighted by atomic mass is 35.5. The van der Waals surface area contributed by atoms with Crippen LogP contribution in [0.25, 0.3) is 0 Å². The Balaban J connectivity index is 1.13. The maximum absolute atomic E-state index is 12.9. The van der Waals surface area contributed by atoms with Gasteiger partial charge in [-0.2, -0.15) is 0 Å². The average molecular weight is 442 g/mol. The largest absolute Gasteiger partial charge is 0.457 e. The molecule has 0 spiro atoms. The first-order valence-electron chi connectivity index (χ1n) is 10.5. The fourth-order valence-corrected chi connectivity index (χ4v) is 4.57. The number of carbonyl (C=O) groups is 2. The molecule has 8 heteroatoms. The number of halogens is 1. The Bertz CT molecular complexity index is 977. The molecule has 3 fully saturated rings. The van der Waals surface area contributed by atoms with Crippen molar-refractivity contribution in [2.24, 2.45) is 0 Å². The van der Waals surface area contributed by atoms with E-state index >= 15 is 0 Å². The summed E-state index contributed by atoms with van der Waals surface area (Å²) >= 11 is 6.00. The van der Waals surface area contributed by atoms with Crippen LogP contribution in [-0.2, 0) is 9.53 Å². The Hall–Kier alpha value is -2.77. The molecule has 162 valence electrons. The van der Waals surface area contributed by atoms with Gasteiger partial charge in [-0.25, -0.2) is 4.79 Å². The van der Waals surface area contributed by atoms with Crippen molar-refractivity contribution >= 4 is 23.5 Å². The number of morpholine rings is 1. The predicted octanol–water partition coefficient (Wildman–Crippen LogP) is 3.24. The Morgan fingerprint density at radius 1 is 1.06 bits per heavy atom. The van der Waals surface area contributed by atoms with E-state index in [4.69, 9.17) is 21.1 Å². The third kappa shape index (κ3) is 4.34. The molecule has 5 rings (SSSR count). The monoisotopic (exact) mass is 441 g/mol. The van der Waals surface area contributed by atoms with Crippen LogP contribution in [0.4, 0.5) is 4.79 Å². The van der Waals surface area contributed by atoms with Crippen LogP contribution in [0, 0.1) is 0 Å². The van der Waals surface area contributed by atoms with Gasteiger partial charge in [-0.1, -0.05) is 29.8 Å². The van der Waals surface area contributed by atoms with Crippen molar-refractivity contribution in [1.82, 2.24) is 15.1 Å². The second-order valence-electron chi connectivity index (χ2n) is 8.27. The molecule has 1 unspecified atom stereocenters. The molecule has 0 radical (unpaired) electrons. The van der Waals surface area contributed by atoms with Gasteiger partial charge < -0.3 is 24.6 Å². The number of hydrogen-bond donors (Lipinski definition) is 1. The third-order valence-corrected chi connectivity index (χ3v) is 6.37. The van der Waals surface area contributed by atoms with E-state index in [1.54, 1.807) is 6.07 Å². The summed E-state index contributed by atoms with van der Waals surface area (Å²) in [6, 6.07) is 15.2. The minimum atomic E-state index is -0.109. The molecule has 0 saturated carbocycles. The summed E-state index contributed by atoms with van der Waals surface area (Å²) < 4.78 is 11.4. The lowest BCUT2D eigenvalue weighted by Gasteiger charge is -2.46. The minimum absolute atomic E-state index is 0.0125. The Labute approximate surface area is 185 Å². The van der Waals surface area contributed by atoms with E-state index in [0.29, 0.717) is 42.9 Å². The zero-order chi connectivity index (χ0) is 21.4. The smallest absolute Gasteiger partial charge is 0.320 e. The predicted molar refractivity (Wildman–Crippen MR) is 116 cm³/mol. The molecule has 3 saturated heterocycles. The first-order valence-corrected chi connectivity index (χ1v) is 10.9. The maximum Gasteiger partial charge on any atom is 0.320 e. The highest BCUT2D eigenvalue weighted by Crippen LogP contribution is 2.31. The highest BCUT2D eigenvalue weighted by Gasteiger charge is 2.40. The van der Waals surface area contributed by atoms with E-state index in [1.807, 2.05) is 52.3 Å². The van der Waals surface area contributed by atoms with Crippen molar-refractivity contribution in [1.29, 1.82) is 0 Å². The molecule has 3 heterocycles. The Morgan fingerprint density at radius 3 is 2.65 bits per heavy atom. The number of benzene rings is 2. The van der Waals surface area contributed by atoms with E-state index in [0.717, 1.165) is 12.2 Å². The van der Waals surface area contributed by atoms with Crippen molar-refractivity contribution < 1.29 is 19.1 Å². The second-order valence-corrected chi connectivity index (χ2v) is 8.71. The maximum atomic E-state index is 12.9. The van der Waals surface area contributed by atoms with Crippen LogP contribution in [0.2, 0.25) is 5.02 Å². The van der Waals surface area contributed by atoms with Crippen LogP contribution in [0.1, 0.15) is 17.9 Å². The normalized spacial score (nSPS) is 23.6. The van der Waals surface area contributed by atoms with Gasteiger partial charge in [0.05, 0.1) is 12.1 Å². The topological polar surface area (TPSA) is 71.1 Å². The Morgan fingerprint density at radius 2 is 1.87 bits per heavy atom. The van der Waals surface area contributed by atoms with Crippen molar-refractivity contribution in [3.63, 3.8) is 0 Å². The molecule has 2 atom stereocenters. The zero-order valence-electron chi connectivity index (χ0n) is 17.0. The summed E-state index contributed by atoms with van der Waals surface area (Å²) in [5.74, 6) is 1.66. The molecule has 7 nitrogen and oxygen atoms in total. The number of likely N-dealkylation sites (tertiary alicyclic amines) is 2. The first kappa shape index (κ1) is 20.2. The van der Waals surface area contributed by atoms with Gasteiger partial charge in [-0.3, -0.25) is 4.79 Å². The van der Waals surface area contributed by atoms with Crippen molar-refractivity contribution in [3.05, 3.63) is 59.1 Å². The number of ether oxygens (including phenoxy) is 2. The fraction of sp³-hybridized carbons (Fsp3) is 0.391. The lowest BCUT2D eigenvalue weighted by atomic mass is 9.91. The number of rotatable bonds is 3. The first-order chi connectivity index (χ1) is 15.0. The van der Waals surface area contributed by atoms with Gasteiger partial charge in [0.2, 0.25) is 5.91 Å². The van der Waals surface area contributed by atoms with Crippen LogP contribution < -0.4 is 10.1 Å². The van der Waals surface area contributed by atoms with Crippen molar-refractivity contribution in [2.75, 3.05) is 32.8 Å². The van der Waals surface area contributed by atoms with Gasteiger partial charge in [0.25, 0.3) is 0 Å². The standard InChI is InChI=1S/C23H24ClN3O4/c24-17-2-1-3-19(10-17)31-18-6-4-15(5-7-18)16-11-27(12-16)23(29)26-9-8-21-20(13-26)25-22(28)14-30-21/h1-7,10,16,20-21H,8-9,11-14H2,(H,25,28)/t20-,21?/m1/s1.